The quantitative estimate of drug-likeness (QED) is 0.753. The van der Waals surface area contributed by atoms with E-state index in [4.69, 9.17) is 0 Å². The SMILES string of the molecule is COc1c(F)cc(CNCC2(O)CCCNC2)cc1F.Cl.Cl. The normalized spacial score (nSPS) is 20.7. The van der Waals surface area contributed by atoms with Gasteiger partial charge in [-0.05, 0) is 37.1 Å². The van der Waals surface area contributed by atoms with Crippen LogP contribution in [-0.4, -0.2) is 37.5 Å². The van der Waals surface area contributed by atoms with Crippen LogP contribution in [0.25, 0.3) is 0 Å². The topological polar surface area (TPSA) is 53.5 Å². The fourth-order valence-corrected chi connectivity index (χ4v) is 2.45. The Morgan fingerprint density at radius 2 is 1.95 bits per heavy atom. The molecule has 1 heterocycles. The molecule has 8 heteroatoms. The molecule has 0 saturated carbocycles. The van der Waals surface area contributed by atoms with Gasteiger partial charge < -0.3 is 20.5 Å². The molecule has 1 fully saturated rings. The van der Waals surface area contributed by atoms with Crippen molar-refractivity contribution in [2.45, 2.75) is 25.0 Å². The Morgan fingerprint density at radius 1 is 1.32 bits per heavy atom. The number of ether oxygens (including phenoxy) is 1. The van der Waals surface area contributed by atoms with E-state index in [0.717, 1.165) is 19.4 Å². The molecule has 22 heavy (non-hydrogen) atoms. The number of benzene rings is 1. The molecule has 0 aliphatic carbocycles. The third kappa shape index (κ3) is 5.52. The highest BCUT2D eigenvalue weighted by Crippen LogP contribution is 2.23. The monoisotopic (exact) mass is 358 g/mol. The molecule has 0 radical (unpaired) electrons. The molecule has 3 N–H and O–H groups in total. The number of aliphatic hydroxyl groups is 1. The molecular weight excluding hydrogens is 337 g/mol. The Labute approximate surface area is 141 Å². The van der Waals surface area contributed by atoms with Gasteiger partial charge in [0.2, 0.25) is 0 Å². The van der Waals surface area contributed by atoms with Crippen LogP contribution in [0.1, 0.15) is 18.4 Å². The van der Waals surface area contributed by atoms with E-state index in [1.165, 1.54) is 19.2 Å². The van der Waals surface area contributed by atoms with Crippen molar-refractivity contribution in [3.63, 3.8) is 0 Å². The van der Waals surface area contributed by atoms with Gasteiger partial charge in [0.1, 0.15) is 0 Å². The van der Waals surface area contributed by atoms with E-state index in [2.05, 4.69) is 15.4 Å². The molecule has 1 aromatic rings. The van der Waals surface area contributed by atoms with Crippen LogP contribution >= 0.6 is 24.8 Å². The molecule has 1 aliphatic rings. The van der Waals surface area contributed by atoms with Crippen LogP contribution in [0.2, 0.25) is 0 Å². The van der Waals surface area contributed by atoms with Crippen LogP contribution in [-0.2, 0) is 6.54 Å². The van der Waals surface area contributed by atoms with Gasteiger partial charge >= 0.3 is 0 Å². The number of methoxy groups -OCH3 is 1. The largest absolute Gasteiger partial charge is 0.491 e. The number of piperidine rings is 1. The second-order valence-corrected chi connectivity index (χ2v) is 5.20. The Hall–Kier alpha value is -0.660. The Kier molecular flexibility index (Phi) is 9.19. The van der Waals surface area contributed by atoms with E-state index < -0.39 is 17.2 Å². The van der Waals surface area contributed by atoms with E-state index >= 15 is 0 Å². The van der Waals surface area contributed by atoms with Gasteiger partial charge in [-0.3, -0.25) is 0 Å². The molecule has 128 valence electrons. The molecule has 2 rings (SSSR count). The summed E-state index contributed by atoms with van der Waals surface area (Å²) in [7, 11) is 1.23. The van der Waals surface area contributed by atoms with E-state index in [1.807, 2.05) is 0 Å². The number of nitrogens with one attached hydrogen (secondary N) is 2. The second kappa shape index (κ2) is 9.47. The average Bonchev–Trinajstić information content (AvgIpc) is 2.39. The van der Waals surface area contributed by atoms with E-state index in [1.54, 1.807) is 0 Å². The van der Waals surface area contributed by atoms with Crippen molar-refractivity contribution in [3.8, 4) is 5.75 Å². The van der Waals surface area contributed by atoms with Crippen LogP contribution in [0.4, 0.5) is 8.78 Å². The molecule has 1 aromatic carbocycles. The standard InChI is InChI=1S/C14H20F2N2O2.2ClH/c1-20-13-11(15)5-10(6-12(13)16)7-18-9-14(19)3-2-4-17-8-14;;/h5-6,17-19H,2-4,7-9H2,1H3;2*1H. The minimum atomic E-state index is -0.790. The molecular formula is C14H22Cl2F2N2O2. The highest BCUT2D eigenvalue weighted by Gasteiger charge is 2.28. The summed E-state index contributed by atoms with van der Waals surface area (Å²) in [5, 5.41) is 16.4. The van der Waals surface area contributed by atoms with Gasteiger partial charge in [-0.1, -0.05) is 0 Å². The minimum absolute atomic E-state index is 0. The van der Waals surface area contributed by atoms with Crippen molar-refractivity contribution in [3.05, 3.63) is 29.3 Å². The van der Waals surface area contributed by atoms with Gasteiger partial charge in [0.15, 0.2) is 17.4 Å². The molecule has 1 saturated heterocycles. The summed E-state index contributed by atoms with van der Waals surface area (Å²) >= 11 is 0. The summed E-state index contributed by atoms with van der Waals surface area (Å²) in [6.45, 7) is 2.12. The maximum atomic E-state index is 13.5. The van der Waals surface area contributed by atoms with Crippen molar-refractivity contribution < 1.29 is 18.6 Å². The van der Waals surface area contributed by atoms with Crippen molar-refractivity contribution in [1.82, 2.24) is 10.6 Å². The van der Waals surface area contributed by atoms with Gasteiger partial charge in [0, 0.05) is 19.6 Å². The predicted octanol–water partition coefficient (Wildman–Crippen LogP) is 2.02. The summed E-state index contributed by atoms with van der Waals surface area (Å²) in [6.07, 6.45) is 1.64. The number of rotatable bonds is 5. The molecule has 0 bridgehead atoms. The fourth-order valence-electron chi connectivity index (χ4n) is 2.45. The third-order valence-corrected chi connectivity index (χ3v) is 3.50. The van der Waals surface area contributed by atoms with E-state index in [-0.39, 0.29) is 30.6 Å². The van der Waals surface area contributed by atoms with Gasteiger partial charge in [-0.2, -0.15) is 0 Å². The first-order valence-corrected chi connectivity index (χ1v) is 6.70. The first-order valence-electron chi connectivity index (χ1n) is 6.70. The van der Waals surface area contributed by atoms with Gasteiger partial charge in [0.05, 0.1) is 12.7 Å². The number of β-amino-alcohol motifs (C(OH)–C–C–N with tert-alkyl or cyclic N) is 1. The van der Waals surface area contributed by atoms with Crippen LogP contribution in [0.5, 0.6) is 5.75 Å². The third-order valence-electron chi connectivity index (χ3n) is 3.50. The molecule has 1 unspecified atom stereocenters. The van der Waals surface area contributed by atoms with Crippen LogP contribution < -0.4 is 15.4 Å². The molecule has 1 atom stereocenters. The lowest BCUT2D eigenvalue weighted by molar-refractivity contribution is 0.0169. The fraction of sp³-hybridized carbons (Fsp3) is 0.571. The summed E-state index contributed by atoms with van der Waals surface area (Å²) in [5.41, 5.74) is -0.310. The highest BCUT2D eigenvalue weighted by atomic mass is 35.5. The van der Waals surface area contributed by atoms with Crippen molar-refractivity contribution in [2.24, 2.45) is 0 Å². The second-order valence-electron chi connectivity index (χ2n) is 5.20. The van der Waals surface area contributed by atoms with Crippen molar-refractivity contribution in [1.29, 1.82) is 0 Å². The van der Waals surface area contributed by atoms with Crippen LogP contribution in [0.15, 0.2) is 12.1 Å². The summed E-state index contributed by atoms with van der Waals surface area (Å²) < 4.78 is 31.7. The summed E-state index contributed by atoms with van der Waals surface area (Å²) in [5.74, 6) is -1.81. The zero-order valence-corrected chi connectivity index (χ0v) is 14.0. The summed E-state index contributed by atoms with van der Waals surface area (Å²) in [6, 6.07) is 2.47. The summed E-state index contributed by atoms with van der Waals surface area (Å²) in [4.78, 5) is 0. The predicted molar refractivity (Wildman–Crippen MR) is 86.2 cm³/mol. The lowest BCUT2D eigenvalue weighted by Gasteiger charge is -2.32. The number of halogens is 4. The lowest BCUT2D eigenvalue weighted by atomic mass is 9.94. The highest BCUT2D eigenvalue weighted by molar-refractivity contribution is 5.85. The number of hydrogen-bond donors (Lipinski definition) is 3. The first kappa shape index (κ1) is 21.3. The molecule has 4 nitrogen and oxygen atoms in total. The minimum Gasteiger partial charge on any atom is -0.491 e. The number of hydrogen-bond acceptors (Lipinski definition) is 4. The maximum Gasteiger partial charge on any atom is 0.190 e. The van der Waals surface area contributed by atoms with Crippen LogP contribution in [0.3, 0.4) is 0 Å². The maximum absolute atomic E-state index is 13.5. The Balaban J connectivity index is 0.00000220. The van der Waals surface area contributed by atoms with Gasteiger partial charge in [0.25, 0.3) is 0 Å². The van der Waals surface area contributed by atoms with Crippen molar-refractivity contribution in [2.75, 3.05) is 26.7 Å². The van der Waals surface area contributed by atoms with Crippen LogP contribution in [0, 0.1) is 11.6 Å². The van der Waals surface area contributed by atoms with Crippen molar-refractivity contribution >= 4 is 24.8 Å². The Bertz CT molecular complexity index is 449. The molecule has 0 spiro atoms. The zero-order chi connectivity index (χ0) is 14.6. The Morgan fingerprint density at radius 3 is 2.45 bits per heavy atom. The molecule has 0 aromatic heterocycles. The molecule has 0 amide bonds. The smallest absolute Gasteiger partial charge is 0.190 e. The van der Waals surface area contributed by atoms with E-state index in [0.29, 0.717) is 25.2 Å². The average molecular weight is 359 g/mol. The molecule has 1 aliphatic heterocycles. The zero-order valence-electron chi connectivity index (χ0n) is 12.3. The first-order chi connectivity index (χ1) is 9.54. The lowest BCUT2D eigenvalue weighted by Crippen LogP contribution is -2.51. The van der Waals surface area contributed by atoms with E-state index in [9.17, 15) is 13.9 Å². The van der Waals surface area contributed by atoms with Gasteiger partial charge in [-0.15, -0.1) is 24.8 Å². The van der Waals surface area contributed by atoms with Gasteiger partial charge in [-0.25, -0.2) is 8.78 Å².